The van der Waals surface area contributed by atoms with E-state index in [2.05, 4.69) is 36.4 Å². The SMILES string of the molecule is CC(C)(C)Nc1ccc(NC(=O)c2ccccc2)nc1. The number of carbonyl (C=O) groups excluding carboxylic acids is 1. The monoisotopic (exact) mass is 269 g/mol. The Bertz CT molecular complexity index is 571. The summed E-state index contributed by atoms with van der Waals surface area (Å²) in [5, 5.41) is 6.09. The highest BCUT2D eigenvalue weighted by molar-refractivity contribution is 6.03. The number of nitrogens with one attached hydrogen (secondary N) is 2. The number of anilines is 2. The van der Waals surface area contributed by atoms with Crippen LogP contribution >= 0.6 is 0 Å². The van der Waals surface area contributed by atoms with Crippen molar-refractivity contribution >= 4 is 17.4 Å². The number of nitrogens with zero attached hydrogens (tertiary/aromatic N) is 1. The van der Waals surface area contributed by atoms with Crippen LogP contribution in [0.15, 0.2) is 48.7 Å². The van der Waals surface area contributed by atoms with Gasteiger partial charge in [-0.2, -0.15) is 0 Å². The minimum Gasteiger partial charge on any atom is -0.379 e. The topological polar surface area (TPSA) is 54.0 Å². The summed E-state index contributed by atoms with van der Waals surface area (Å²) in [6.45, 7) is 6.24. The summed E-state index contributed by atoms with van der Waals surface area (Å²) in [6, 6.07) is 12.8. The molecule has 4 heteroatoms. The minimum absolute atomic E-state index is 0.0174. The van der Waals surface area contributed by atoms with Gasteiger partial charge in [-0.25, -0.2) is 4.98 Å². The number of carbonyl (C=O) groups is 1. The molecule has 4 nitrogen and oxygen atoms in total. The first-order valence-electron chi connectivity index (χ1n) is 6.55. The van der Waals surface area contributed by atoms with Gasteiger partial charge >= 0.3 is 0 Å². The molecule has 0 aliphatic heterocycles. The third kappa shape index (κ3) is 4.09. The van der Waals surface area contributed by atoms with Crippen LogP contribution in [-0.4, -0.2) is 16.4 Å². The Balaban J connectivity index is 2.02. The molecule has 2 rings (SSSR count). The lowest BCUT2D eigenvalue weighted by molar-refractivity contribution is 0.102. The van der Waals surface area contributed by atoms with Gasteiger partial charge in [0.15, 0.2) is 0 Å². The standard InChI is InChI=1S/C16H19N3O/c1-16(2,3)19-13-9-10-14(17-11-13)18-15(20)12-7-5-4-6-8-12/h4-11,19H,1-3H3,(H,17,18,20). The molecule has 2 aromatic rings. The maximum Gasteiger partial charge on any atom is 0.256 e. The molecule has 1 heterocycles. The minimum atomic E-state index is -0.158. The largest absolute Gasteiger partial charge is 0.379 e. The van der Waals surface area contributed by atoms with Crippen molar-refractivity contribution in [2.45, 2.75) is 26.3 Å². The average molecular weight is 269 g/mol. The second-order valence-electron chi connectivity index (χ2n) is 5.63. The number of amides is 1. The molecule has 0 saturated carbocycles. The van der Waals surface area contributed by atoms with E-state index in [1.807, 2.05) is 24.3 Å². The van der Waals surface area contributed by atoms with Gasteiger partial charge in [0, 0.05) is 11.1 Å². The van der Waals surface area contributed by atoms with Gasteiger partial charge in [0.05, 0.1) is 11.9 Å². The zero-order valence-electron chi connectivity index (χ0n) is 12.0. The normalized spacial score (nSPS) is 10.9. The van der Waals surface area contributed by atoms with Crippen molar-refractivity contribution in [3.63, 3.8) is 0 Å². The molecule has 0 aliphatic rings. The molecular formula is C16H19N3O. The molecule has 0 saturated heterocycles. The molecule has 1 aromatic heterocycles. The van der Waals surface area contributed by atoms with Gasteiger partial charge < -0.3 is 10.6 Å². The smallest absolute Gasteiger partial charge is 0.256 e. The summed E-state index contributed by atoms with van der Waals surface area (Å²) < 4.78 is 0. The number of hydrogen-bond donors (Lipinski definition) is 2. The zero-order valence-corrected chi connectivity index (χ0v) is 12.0. The van der Waals surface area contributed by atoms with Crippen molar-refractivity contribution in [3.8, 4) is 0 Å². The van der Waals surface area contributed by atoms with Crippen molar-refractivity contribution in [2.24, 2.45) is 0 Å². The molecule has 0 unspecified atom stereocenters. The quantitative estimate of drug-likeness (QED) is 0.896. The summed E-state index contributed by atoms with van der Waals surface area (Å²) in [5.74, 6) is 0.382. The van der Waals surface area contributed by atoms with Crippen molar-refractivity contribution in [1.29, 1.82) is 0 Å². The molecule has 20 heavy (non-hydrogen) atoms. The van der Waals surface area contributed by atoms with Gasteiger partial charge in [-0.1, -0.05) is 18.2 Å². The first-order chi connectivity index (χ1) is 9.44. The zero-order chi connectivity index (χ0) is 14.6. The van der Waals surface area contributed by atoms with Crippen LogP contribution in [0.25, 0.3) is 0 Å². The Labute approximate surface area is 119 Å². The van der Waals surface area contributed by atoms with Crippen LogP contribution in [0.3, 0.4) is 0 Å². The summed E-state index contributed by atoms with van der Waals surface area (Å²) in [6.07, 6.45) is 1.71. The highest BCUT2D eigenvalue weighted by Crippen LogP contribution is 2.15. The lowest BCUT2D eigenvalue weighted by Gasteiger charge is -2.21. The number of rotatable bonds is 3. The van der Waals surface area contributed by atoms with Crippen molar-refractivity contribution in [3.05, 3.63) is 54.2 Å². The predicted octanol–water partition coefficient (Wildman–Crippen LogP) is 3.54. The molecule has 1 amide bonds. The molecule has 0 radical (unpaired) electrons. The van der Waals surface area contributed by atoms with Gasteiger partial charge in [0.25, 0.3) is 5.91 Å². The van der Waals surface area contributed by atoms with Crippen LogP contribution < -0.4 is 10.6 Å². The van der Waals surface area contributed by atoms with E-state index in [4.69, 9.17) is 0 Å². The number of pyridine rings is 1. The fourth-order valence-corrected chi connectivity index (χ4v) is 1.75. The maximum atomic E-state index is 12.0. The Kier molecular flexibility index (Phi) is 4.03. The molecule has 0 spiro atoms. The highest BCUT2D eigenvalue weighted by Gasteiger charge is 2.10. The molecular weight excluding hydrogens is 250 g/mol. The summed E-state index contributed by atoms with van der Waals surface area (Å²) in [7, 11) is 0. The van der Waals surface area contributed by atoms with Crippen molar-refractivity contribution in [1.82, 2.24) is 4.98 Å². The van der Waals surface area contributed by atoms with Gasteiger partial charge in [0.2, 0.25) is 0 Å². The van der Waals surface area contributed by atoms with Crippen LogP contribution in [0, 0.1) is 0 Å². The van der Waals surface area contributed by atoms with E-state index in [1.54, 1.807) is 24.4 Å². The molecule has 0 bridgehead atoms. The van der Waals surface area contributed by atoms with E-state index < -0.39 is 0 Å². The summed E-state index contributed by atoms with van der Waals surface area (Å²) >= 11 is 0. The Hall–Kier alpha value is -2.36. The van der Waals surface area contributed by atoms with Crippen LogP contribution in [0.1, 0.15) is 31.1 Å². The van der Waals surface area contributed by atoms with E-state index in [0.29, 0.717) is 11.4 Å². The van der Waals surface area contributed by atoms with E-state index in [-0.39, 0.29) is 11.4 Å². The lowest BCUT2D eigenvalue weighted by atomic mass is 10.1. The van der Waals surface area contributed by atoms with E-state index in [9.17, 15) is 4.79 Å². The second-order valence-corrected chi connectivity index (χ2v) is 5.63. The fraction of sp³-hybridized carbons (Fsp3) is 0.250. The maximum absolute atomic E-state index is 12.0. The Morgan fingerprint density at radius 2 is 1.75 bits per heavy atom. The Morgan fingerprint density at radius 1 is 1.05 bits per heavy atom. The second kappa shape index (κ2) is 5.74. The predicted molar refractivity (Wildman–Crippen MR) is 82.0 cm³/mol. The van der Waals surface area contributed by atoms with Gasteiger partial charge in [-0.15, -0.1) is 0 Å². The van der Waals surface area contributed by atoms with Crippen molar-refractivity contribution in [2.75, 3.05) is 10.6 Å². The van der Waals surface area contributed by atoms with Crippen LogP contribution in [0.4, 0.5) is 11.5 Å². The van der Waals surface area contributed by atoms with Gasteiger partial charge in [0.1, 0.15) is 5.82 Å². The van der Waals surface area contributed by atoms with E-state index >= 15 is 0 Å². The number of hydrogen-bond acceptors (Lipinski definition) is 3. The molecule has 0 atom stereocenters. The third-order valence-corrected chi connectivity index (χ3v) is 2.56. The molecule has 2 N–H and O–H groups in total. The Morgan fingerprint density at radius 3 is 2.30 bits per heavy atom. The summed E-state index contributed by atoms with van der Waals surface area (Å²) in [5.41, 5.74) is 1.53. The van der Waals surface area contributed by atoms with Crippen LogP contribution in [-0.2, 0) is 0 Å². The first-order valence-corrected chi connectivity index (χ1v) is 6.55. The fourth-order valence-electron chi connectivity index (χ4n) is 1.75. The van der Waals surface area contributed by atoms with Gasteiger partial charge in [-0.3, -0.25) is 4.79 Å². The third-order valence-electron chi connectivity index (χ3n) is 2.56. The lowest BCUT2D eigenvalue weighted by Crippen LogP contribution is -2.26. The van der Waals surface area contributed by atoms with Gasteiger partial charge in [-0.05, 0) is 45.0 Å². The molecule has 104 valence electrons. The first kappa shape index (κ1) is 14.1. The molecule has 0 aliphatic carbocycles. The average Bonchev–Trinajstić information content (AvgIpc) is 2.40. The summed E-state index contributed by atoms with van der Waals surface area (Å²) in [4.78, 5) is 16.2. The highest BCUT2D eigenvalue weighted by atomic mass is 16.1. The number of aromatic nitrogens is 1. The van der Waals surface area contributed by atoms with Crippen LogP contribution in [0.5, 0.6) is 0 Å². The van der Waals surface area contributed by atoms with E-state index in [1.165, 1.54) is 0 Å². The molecule has 1 aromatic carbocycles. The molecule has 0 fully saturated rings. The van der Waals surface area contributed by atoms with Crippen molar-refractivity contribution < 1.29 is 4.79 Å². The van der Waals surface area contributed by atoms with Crippen LogP contribution in [0.2, 0.25) is 0 Å². The van der Waals surface area contributed by atoms with E-state index in [0.717, 1.165) is 5.69 Å². The number of benzene rings is 1.